The van der Waals surface area contributed by atoms with Crippen molar-refractivity contribution in [2.45, 2.75) is 33.3 Å². The quantitative estimate of drug-likeness (QED) is 0.357. The fraction of sp³-hybridized carbons (Fsp3) is 0.231. The lowest BCUT2D eigenvalue weighted by molar-refractivity contribution is 0.291. The molecule has 0 atom stereocenters. The Morgan fingerprint density at radius 2 is 1.85 bits per heavy atom. The van der Waals surface area contributed by atoms with E-state index in [-0.39, 0.29) is 23.4 Å². The molecule has 8 heteroatoms. The van der Waals surface area contributed by atoms with Crippen LogP contribution >= 0.6 is 11.6 Å². The van der Waals surface area contributed by atoms with Crippen LogP contribution in [0.2, 0.25) is 5.02 Å². The normalized spacial score (nSPS) is 11.0. The topological polar surface area (TPSA) is 79.1 Å². The molecule has 174 valence electrons. The molecule has 0 aliphatic carbocycles. The second-order valence-corrected chi connectivity index (χ2v) is 8.44. The summed E-state index contributed by atoms with van der Waals surface area (Å²) in [6.07, 6.45) is 1.74. The number of nitrogens with zero attached hydrogens (tertiary/aromatic N) is 4. The van der Waals surface area contributed by atoms with Crippen LogP contribution in [0.5, 0.6) is 11.6 Å². The van der Waals surface area contributed by atoms with Gasteiger partial charge < -0.3 is 9.47 Å². The maximum atomic E-state index is 13.2. The maximum absolute atomic E-state index is 13.2. The van der Waals surface area contributed by atoms with Gasteiger partial charge in [-0.1, -0.05) is 49.7 Å². The zero-order valence-electron chi connectivity index (χ0n) is 19.4. The summed E-state index contributed by atoms with van der Waals surface area (Å²) in [5.74, 6) is 2.24. The Labute approximate surface area is 203 Å². The summed E-state index contributed by atoms with van der Waals surface area (Å²) in [5, 5.41) is -0.0805. The number of benzene rings is 2. The molecular weight excluding hydrogens is 452 g/mol. The minimum absolute atomic E-state index is 0.0805. The third-order valence-electron chi connectivity index (χ3n) is 5.27. The molecule has 2 heterocycles. The molecule has 0 aliphatic rings. The van der Waals surface area contributed by atoms with E-state index in [1.807, 2.05) is 68.4 Å². The second kappa shape index (κ2) is 10.1. The lowest BCUT2D eigenvalue weighted by Crippen LogP contribution is -2.23. The highest BCUT2D eigenvalue weighted by Gasteiger charge is 2.16. The minimum Gasteiger partial charge on any atom is -0.497 e. The molecule has 7 nitrogen and oxygen atoms in total. The van der Waals surface area contributed by atoms with Crippen molar-refractivity contribution in [2.75, 3.05) is 7.11 Å². The van der Waals surface area contributed by atoms with Crippen molar-refractivity contribution in [1.29, 1.82) is 0 Å². The van der Waals surface area contributed by atoms with Gasteiger partial charge in [0.1, 0.15) is 24.0 Å². The fourth-order valence-electron chi connectivity index (χ4n) is 3.51. The molecule has 0 amide bonds. The van der Waals surface area contributed by atoms with Gasteiger partial charge in [0.25, 0.3) is 5.56 Å². The van der Waals surface area contributed by atoms with Crippen LogP contribution in [0.4, 0.5) is 0 Å². The van der Waals surface area contributed by atoms with Gasteiger partial charge in [0.15, 0.2) is 5.02 Å². The third-order valence-corrected chi connectivity index (χ3v) is 5.59. The Balaban J connectivity index is 1.65. The Kier molecular flexibility index (Phi) is 6.93. The molecule has 0 aliphatic heterocycles. The molecule has 2 aromatic carbocycles. The Bertz CT molecular complexity index is 1380. The highest BCUT2D eigenvalue weighted by atomic mass is 35.5. The van der Waals surface area contributed by atoms with Gasteiger partial charge >= 0.3 is 0 Å². The van der Waals surface area contributed by atoms with Crippen LogP contribution < -0.4 is 15.0 Å². The third kappa shape index (κ3) is 4.94. The number of hydrogen-bond donors (Lipinski definition) is 0. The van der Waals surface area contributed by atoms with Crippen molar-refractivity contribution in [3.8, 4) is 28.6 Å². The summed E-state index contributed by atoms with van der Waals surface area (Å²) >= 11 is 6.39. The molecule has 4 rings (SSSR count). The molecule has 0 unspecified atom stereocenters. The molecule has 34 heavy (non-hydrogen) atoms. The highest BCUT2D eigenvalue weighted by Crippen LogP contribution is 2.25. The van der Waals surface area contributed by atoms with Crippen molar-refractivity contribution in [3.63, 3.8) is 0 Å². The summed E-state index contributed by atoms with van der Waals surface area (Å²) in [5.41, 5.74) is 2.75. The van der Waals surface area contributed by atoms with Crippen molar-refractivity contribution in [2.24, 2.45) is 0 Å². The molecule has 0 radical (unpaired) electrons. The molecule has 4 aromatic rings. The van der Waals surface area contributed by atoms with Gasteiger partial charge in [-0.05, 0) is 42.8 Å². The summed E-state index contributed by atoms with van der Waals surface area (Å²) in [4.78, 5) is 26.6. The van der Waals surface area contributed by atoms with E-state index >= 15 is 0 Å². The Morgan fingerprint density at radius 3 is 2.62 bits per heavy atom. The molecule has 0 bridgehead atoms. The SMILES string of the molecule is COc1cccc(COc2nc(C)n(-c3cccc(-c4ccnc(C(C)C)n4)c3)c(=O)c2Cl)c1. The second-order valence-electron chi connectivity index (χ2n) is 8.06. The van der Waals surface area contributed by atoms with Crippen LogP contribution in [0.15, 0.2) is 65.6 Å². The van der Waals surface area contributed by atoms with Crippen molar-refractivity contribution in [3.05, 3.63) is 93.4 Å². The Morgan fingerprint density at radius 1 is 1.06 bits per heavy atom. The van der Waals surface area contributed by atoms with E-state index < -0.39 is 5.56 Å². The van der Waals surface area contributed by atoms with E-state index in [2.05, 4.69) is 15.0 Å². The number of aryl methyl sites for hydroxylation is 1. The number of aromatic nitrogens is 4. The lowest BCUT2D eigenvalue weighted by atomic mass is 10.1. The van der Waals surface area contributed by atoms with Crippen molar-refractivity contribution >= 4 is 11.6 Å². The van der Waals surface area contributed by atoms with Crippen LogP contribution in [0.25, 0.3) is 16.9 Å². The van der Waals surface area contributed by atoms with E-state index in [0.29, 0.717) is 11.5 Å². The first-order valence-electron chi connectivity index (χ1n) is 10.9. The largest absolute Gasteiger partial charge is 0.497 e. The predicted molar refractivity (Wildman–Crippen MR) is 132 cm³/mol. The molecular formula is C26H25ClN4O3. The average molecular weight is 477 g/mol. The van der Waals surface area contributed by atoms with Crippen LogP contribution in [0, 0.1) is 6.92 Å². The predicted octanol–water partition coefficient (Wildman–Crippen LogP) is 5.36. The summed E-state index contributed by atoms with van der Waals surface area (Å²) in [6.45, 7) is 6.03. The first-order chi connectivity index (χ1) is 16.4. The number of ether oxygens (including phenoxy) is 2. The van der Waals surface area contributed by atoms with E-state index in [0.717, 1.165) is 28.4 Å². The molecule has 0 saturated heterocycles. The van der Waals surface area contributed by atoms with Crippen LogP contribution in [-0.4, -0.2) is 26.6 Å². The van der Waals surface area contributed by atoms with Crippen molar-refractivity contribution < 1.29 is 9.47 Å². The Hall–Kier alpha value is -3.71. The van der Waals surface area contributed by atoms with Gasteiger partial charge in [-0.15, -0.1) is 0 Å². The molecule has 2 aromatic heterocycles. The minimum atomic E-state index is -0.405. The molecule has 0 N–H and O–H groups in total. The van der Waals surface area contributed by atoms with Gasteiger partial charge in [0.05, 0.1) is 18.5 Å². The van der Waals surface area contributed by atoms with E-state index in [9.17, 15) is 4.79 Å². The van der Waals surface area contributed by atoms with Crippen molar-refractivity contribution in [1.82, 2.24) is 19.5 Å². The zero-order valence-corrected chi connectivity index (χ0v) is 20.2. The molecule has 0 spiro atoms. The highest BCUT2D eigenvalue weighted by molar-refractivity contribution is 6.31. The lowest BCUT2D eigenvalue weighted by Gasteiger charge is -2.14. The van der Waals surface area contributed by atoms with Crippen LogP contribution in [0.1, 0.15) is 37.0 Å². The summed E-state index contributed by atoms with van der Waals surface area (Å²) in [6, 6.07) is 16.8. The molecule has 0 saturated carbocycles. The number of methoxy groups -OCH3 is 1. The number of rotatable bonds is 7. The number of hydrogen-bond acceptors (Lipinski definition) is 6. The zero-order chi connectivity index (χ0) is 24.2. The fourth-order valence-corrected chi connectivity index (χ4v) is 3.69. The smallest absolute Gasteiger partial charge is 0.280 e. The van der Waals surface area contributed by atoms with Crippen LogP contribution in [0.3, 0.4) is 0 Å². The van der Waals surface area contributed by atoms with Gasteiger partial charge in [-0.2, -0.15) is 4.98 Å². The summed E-state index contributed by atoms with van der Waals surface area (Å²) < 4.78 is 12.5. The monoisotopic (exact) mass is 476 g/mol. The van der Waals surface area contributed by atoms with Gasteiger partial charge in [-0.25, -0.2) is 9.97 Å². The van der Waals surface area contributed by atoms with Gasteiger partial charge in [0, 0.05) is 17.7 Å². The van der Waals surface area contributed by atoms with E-state index in [1.54, 1.807) is 20.2 Å². The van der Waals surface area contributed by atoms with Gasteiger partial charge in [0.2, 0.25) is 5.88 Å². The standard InChI is InChI=1S/C26H25ClN4O3/c1-16(2)24-28-12-11-22(30-24)19-8-6-9-20(14-19)31-17(3)29-25(23(27)26(31)32)34-15-18-7-5-10-21(13-18)33-4/h5-14,16H,15H2,1-4H3. The maximum Gasteiger partial charge on any atom is 0.280 e. The summed E-state index contributed by atoms with van der Waals surface area (Å²) in [7, 11) is 1.60. The van der Waals surface area contributed by atoms with Crippen LogP contribution in [-0.2, 0) is 6.61 Å². The molecule has 0 fully saturated rings. The first-order valence-corrected chi connectivity index (χ1v) is 11.2. The van der Waals surface area contributed by atoms with E-state index in [4.69, 9.17) is 21.1 Å². The van der Waals surface area contributed by atoms with E-state index in [1.165, 1.54) is 4.57 Å². The first kappa shape index (κ1) is 23.4. The average Bonchev–Trinajstić information content (AvgIpc) is 2.86. The number of halogens is 1. The van der Waals surface area contributed by atoms with Gasteiger partial charge in [-0.3, -0.25) is 9.36 Å².